The number of amides is 3. The lowest BCUT2D eigenvalue weighted by molar-refractivity contribution is -0.257. The number of aromatic hydroxyl groups is 1. The molecule has 0 spiro atoms. The zero-order valence-corrected chi connectivity index (χ0v) is 21.7. The number of nitrogens with zero attached hydrogens (tertiary/aromatic N) is 5. The number of ether oxygens (including phenoxy) is 2. The van der Waals surface area contributed by atoms with Gasteiger partial charge in [0.2, 0.25) is 11.1 Å². The van der Waals surface area contributed by atoms with E-state index in [1.54, 1.807) is 7.05 Å². The first-order valence-electron chi connectivity index (χ1n) is 11.4. The molecule has 5 N–H and O–H groups in total. The standard InChI is InChI=1S/C22H23N7O10S/c1-28-21(25-26-27-28)40-9-11-8-39-20-22(38-2,19(37)29(20)15(11)17(34)23-7-13(31)32)24-16(33)14(18(35)36)10-3-5-12(30)6-4-10/h3-6,14,20,30H,7-9H2,1-2H3,(H,23,34)(H,24,33)(H,31,32)(H,35,36)/t14?,20-,22+/m1/s1. The molecule has 0 aliphatic carbocycles. The number of benzene rings is 1. The number of tetrazole rings is 1. The SMILES string of the molecule is CO[C@@]1(NC(=O)C(C(=O)O)c2ccc(O)cc2)C(=O)N2C(C(=O)NCC(=O)O)=C(CSc3nnnn3C)CO[C@@H]21. The van der Waals surface area contributed by atoms with Gasteiger partial charge in [0.1, 0.15) is 18.0 Å². The Kier molecular flexibility index (Phi) is 8.03. The third-order valence-corrected chi connectivity index (χ3v) is 7.15. The third kappa shape index (κ3) is 5.18. The van der Waals surface area contributed by atoms with Crippen LogP contribution in [-0.2, 0) is 40.5 Å². The predicted octanol–water partition coefficient (Wildman–Crippen LogP) is -2.01. The van der Waals surface area contributed by atoms with Crippen LogP contribution in [0, 0.1) is 0 Å². The average molecular weight is 578 g/mol. The number of aryl methyl sites for hydroxylation is 1. The molecular formula is C22H23N7O10S. The van der Waals surface area contributed by atoms with Gasteiger partial charge in [-0.2, -0.15) is 0 Å². The number of β-lactam (4-membered cyclic amide) rings is 1. The van der Waals surface area contributed by atoms with Gasteiger partial charge in [-0.05, 0) is 33.7 Å². The van der Waals surface area contributed by atoms with E-state index in [0.717, 1.165) is 23.8 Å². The molecule has 3 atom stereocenters. The van der Waals surface area contributed by atoms with Gasteiger partial charge in [0, 0.05) is 19.9 Å². The molecule has 40 heavy (non-hydrogen) atoms. The molecule has 1 aromatic heterocycles. The Morgan fingerprint density at radius 3 is 2.52 bits per heavy atom. The fraction of sp³-hybridized carbons (Fsp3) is 0.364. The maximum atomic E-state index is 13.5. The van der Waals surface area contributed by atoms with Crippen LogP contribution in [0.2, 0.25) is 0 Å². The summed E-state index contributed by atoms with van der Waals surface area (Å²) in [7, 11) is 2.69. The Hall–Kier alpha value is -4.55. The van der Waals surface area contributed by atoms with Crippen molar-refractivity contribution in [3.63, 3.8) is 0 Å². The summed E-state index contributed by atoms with van der Waals surface area (Å²) in [5.74, 6) is -7.66. The zero-order valence-electron chi connectivity index (χ0n) is 20.9. The van der Waals surface area contributed by atoms with Gasteiger partial charge in [0.05, 0.1) is 6.61 Å². The van der Waals surface area contributed by atoms with Crippen molar-refractivity contribution in [2.75, 3.05) is 26.0 Å². The van der Waals surface area contributed by atoms with E-state index in [-0.39, 0.29) is 29.4 Å². The molecule has 212 valence electrons. The van der Waals surface area contributed by atoms with E-state index in [0.29, 0.717) is 10.7 Å². The predicted molar refractivity (Wildman–Crippen MR) is 130 cm³/mol. The van der Waals surface area contributed by atoms with Gasteiger partial charge in [-0.25, -0.2) is 4.68 Å². The summed E-state index contributed by atoms with van der Waals surface area (Å²) in [5.41, 5.74) is -2.08. The first kappa shape index (κ1) is 28.5. The van der Waals surface area contributed by atoms with E-state index >= 15 is 0 Å². The molecule has 3 amide bonds. The largest absolute Gasteiger partial charge is 0.508 e. The minimum Gasteiger partial charge on any atom is -0.508 e. The number of carboxylic acids is 2. The number of carboxylic acid groups (broad SMARTS) is 2. The Morgan fingerprint density at radius 2 is 1.95 bits per heavy atom. The molecule has 1 aromatic carbocycles. The number of phenolic OH excluding ortho intramolecular Hbond substituents is 1. The summed E-state index contributed by atoms with van der Waals surface area (Å²) in [6.45, 7) is -0.966. The van der Waals surface area contributed by atoms with E-state index in [1.807, 2.05) is 0 Å². The number of phenols is 1. The van der Waals surface area contributed by atoms with Crippen molar-refractivity contribution in [1.82, 2.24) is 35.7 Å². The molecule has 1 fully saturated rings. The second-order valence-electron chi connectivity index (χ2n) is 8.53. The van der Waals surface area contributed by atoms with E-state index in [2.05, 4.69) is 26.2 Å². The maximum Gasteiger partial charge on any atom is 0.322 e. The maximum absolute atomic E-state index is 13.5. The average Bonchev–Trinajstić information content (AvgIpc) is 3.33. The molecule has 18 heteroatoms. The van der Waals surface area contributed by atoms with Gasteiger partial charge in [-0.1, -0.05) is 23.9 Å². The van der Waals surface area contributed by atoms with E-state index < -0.39 is 54.1 Å². The Bertz CT molecular complexity index is 1390. The number of methoxy groups -OCH3 is 1. The molecule has 17 nitrogen and oxygen atoms in total. The molecule has 1 unspecified atom stereocenters. The van der Waals surface area contributed by atoms with Crippen LogP contribution < -0.4 is 10.6 Å². The van der Waals surface area contributed by atoms with Crippen molar-refractivity contribution < 1.29 is 48.8 Å². The van der Waals surface area contributed by atoms with Crippen molar-refractivity contribution >= 4 is 41.4 Å². The number of fused-ring (bicyclic) bond motifs is 1. The van der Waals surface area contributed by atoms with E-state index in [1.165, 1.54) is 28.9 Å². The summed E-state index contributed by atoms with van der Waals surface area (Å²) in [5, 5.41) is 44.2. The van der Waals surface area contributed by atoms with Gasteiger partial charge in [-0.3, -0.25) is 28.9 Å². The lowest BCUT2D eigenvalue weighted by atomic mass is 9.92. The molecule has 2 aliphatic rings. The summed E-state index contributed by atoms with van der Waals surface area (Å²) in [6, 6.07) is 4.88. The molecule has 0 bridgehead atoms. The smallest absolute Gasteiger partial charge is 0.322 e. The number of thioether (sulfide) groups is 1. The fourth-order valence-electron chi connectivity index (χ4n) is 4.13. The molecule has 4 rings (SSSR count). The molecule has 2 aliphatic heterocycles. The monoisotopic (exact) mass is 577 g/mol. The van der Waals surface area contributed by atoms with Crippen molar-refractivity contribution in [2.45, 2.75) is 23.0 Å². The first-order chi connectivity index (χ1) is 19.0. The second kappa shape index (κ2) is 11.3. The number of hydrogen-bond donors (Lipinski definition) is 5. The minimum absolute atomic E-state index is 0.0217. The van der Waals surface area contributed by atoms with E-state index in [9.17, 15) is 34.2 Å². The number of carbonyl (C=O) groups is 5. The topological polar surface area (TPSA) is 235 Å². The molecule has 3 heterocycles. The van der Waals surface area contributed by atoms with Crippen LogP contribution in [0.15, 0.2) is 40.7 Å². The van der Waals surface area contributed by atoms with Gasteiger partial charge >= 0.3 is 11.9 Å². The van der Waals surface area contributed by atoms with Crippen LogP contribution in [0.3, 0.4) is 0 Å². The number of hydrogen-bond acceptors (Lipinski definition) is 12. The Balaban J connectivity index is 1.62. The second-order valence-corrected chi connectivity index (χ2v) is 9.48. The molecule has 2 aromatic rings. The number of rotatable bonds is 11. The van der Waals surface area contributed by atoms with Crippen LogP contribution in [0.1, 0.15) is 11.5 Å². The summed E-state index contributed by atoms with van der Waals surface area (Å²) >= 11 is 1.13. The van der Waals surface area contributed by atoms with Crippen LogP contribution in [0.5, 0.6) is 5.75 Å². The number of aromatic nitrogens is 4. The highest BCUT2D eigenvalue weighted by Crippen LogP contribution is 2.41. The number of nitrogens with one attached hydrogen (secondary N) is 2. The van der Waals surface area contributed by atoms with Crippen molar-refractivity contribution in [1.29, 1.82) is 0 Å². The number of carbonyl (C=O) groups excluding carboxylic acids is 3. The lowest BCUT2D eigenvalue weighted by Gasteiger charge is -2.56. The number of aliphatic carboxylic acids is 2. The van der Waals surface area contributed by atoms with Crippen LogP contribution in [-0.4, -0.2) is 108 Å². The molecule has 1 saturated heterocycles. The Morgan fingerprint density at radius 1 is 1.25 bits per heavy atom. The quantitative estimate of drug-likeness (QED) is 0.0840. The first-order valence-corrected chi connectivity index (χ1v) is 12.4. The van der Waals surface area contributed by atoms with Gasteiger partial charge < -0.3 is 35.4 Å². The van der Waals surface area contributed by atoms with Crippen LogP contribution in [0.25, 0.3) is 0 Å². The van der Waals surface area contributed by atoms with Gasteiger partial charge in [-0.15, -0.1) is 5.10 Å². The van der Waals surface area contributed by atoms with E-state index in [4.69, 9.17) is 14.6 Å². The minimum atomic E-state index is -2.19. The lowest BCUT2D eigenvalue weighted by Crippen LogP contribution is -2.83. The fourth-order valence-corrected chi connectivity index (χ4v) is 4.97. The van der Waals surface area contributed by atoms with Crippen LogP contribution in [0.4, 0.5) is 0 Å². The molecule has 0 saturated carbocycles. The highest BCUT2D eigenvalue weighted by molar-refractivity contribution is 7.99. The summed E-state index contributed by atoms with van der Waals surface area (Å²) in [4.78, 5) is 63.6. The highest BCUT2D eigenvalue weighted by atomic mass is 32.2. The normalized spacial score (nSPS) is 20.8. The highest BCUT2D eigenvalue weighted by Gasteiger charge is 2.67. The van der Waals surface area contributed by atoms with Crippen LogP contribution >= 0.6 is 11.8 Å². The van der Waals surface area contributed by atoms with Crippen molar-refractivity contribution in [2.24, 2.45) is 7.05 Å². The van der Waals surface area contributed by atoms with Gasteiger partial charge in [0.25, 0.3) is 17.5 Å². The van der Waals surface area contributed by atoms with Crippen molar-refractivity contribution in [3.05, 3.63) is 41.1 Å². The summed E-state index contributed by atoms with van der Waals surface area (Å²) < 4.78 is 12.5. The van der Waals surface area contributed by atoms with Crippen molar-refractivity contribution in [3.8, 4) is 5.75 Å². The summed E-state index contributed by atoms with van der Waals surface area (Å²) in [6.07, 6.45) is -1.39. The zero-order chi connectivity index (χ0) is 29.2. The van der Waals surface area contributed by atoms with Gasteiger partial charge in [0.15, 0.2) is 12.1 Å². The third-order valence-electron chi connectivity index (χ3n) is 6.05. The Labute approximate surface area is 229 Å². The molecule has 0 radical (unpaired) electrons. The molecular weight excluding hydrogens is 554 g/mol.